The summed E-state index contributed by atoms with van der Waals surface area (Å²) in [5.41, 5.74) is 0. The van der Waals surface area contributed by atoms with Crippen LogP contribution in [0.2, 0.25) is 0 Å². The van der Waals surface area contributed by atoms with Crippen LogP contribution < -0.4 is 5.14 Å². The number of amides is 1. The van der Waals surface area contributed by atoms with Gasteiger partial charge in [0.2, 0.25) is 5.91 Å². The monoisotopic (exact) mass is 309 g/mol. The molecule has 0 bridgehead atoms. The molecule has 0 saturated carbocycles. The van der Waals surface area contributed by atoms with Crippen LogP contribution in [0.3, 0.4) is 0 Å². The molecule has 1 rings (SSSR count). The molecule has 2 N–H and O–H groups in total. The molecule has 6 nitrogen and oxygen atoms in total. The summed E-state index contributed by atoms with van der Waals surface area (Å²) in [7, 11) is -3.62. The number of nitrogens with two attached hydrogens (primary N) is 1. The molecular weight excluding hydrogens is 286 g/mol. The lowest BCUT2D eigenvalue weighted by Crippen LogP contribution is -2.53. The van der Waals surface area contributed by atoms with Crippen LogP contribution in [0, 0.1) is 0 Å². The van der Waals surface area contributed by atoms with Crippen molar-refractivity contribution in [2.45, 2.75) is 31.9 Å². The van der Waals surface area contributed by atoms with E-state index >= 15 is 0 Å². The standard InChI is InChI=1S/C11H23N3O3S2/c1-3-4-9-18-10(2)11(15)13-5-7-14(8-6-13)19(12,16)17/h10H,3-9H2,1-2H3,(H2,12,16,17)/t10-/m0/s1. The van der Waals surface area contributed by atoms with Gasteiger partial charge in [0.1, 0.15) is 0 Å². The molecule has 19 heavy (non-hydrogen) atoms. The molecule has 0 unspecified atom stereocenters. The predicted octanol–water partition coefficient (Wildman–Crippen LogP) is 0.256. The number of rotatable bonds is 6. The number of carbonyl (C=O) groups excluding carboxylic acids is 1. The second-order valence-electron chi connectivity index (χ2n) is 4.64. The van der Waals surface area contributed by atoms with Crippen LogP contribution in [0.15, 0.2) is 0 Å². The summed E-state index contributed by atoms with van der Waals surface area (Å²) in [6, 6.07) is 0. The second kappa shape index (κ2) is 7.47. The largest absolute Gasteiger partial charge is 0.339 e. The first-order valence-corrected chi connectivity index (χ1v) is 9.09. The second-order valence-corrected chi connectivity index (χ2v) is 7.63. The van der Waals surface area contributed by atoms with E-state index in [9.17, 15) is 13.2 Å². The van der Waals surface area contributed by atoms with Crippen molar-refractivity contribution >= 4 is 27.9 Å². The number of nitrogens with zero attached hydrogens (tertiary/aromatic N) is 2. The quantitative estimate of drug-likeness (QED) is 0.713. The highest BCUT2D eigenvalue weighted by Crippen LogP contribution is 2.16. The van der Waals surface area contributed by atoms with E-state index in [1.807, 2.05) is 6.92 Å². The fraction of sp³-hybridized carbons (Fsp3) is 0.909. The summed E-state index contributed by atoms with van der Waals surface area (Å²) in [6.07, 6.45) is 2.24. The van der Waals surface area contributed by atoms with Crippen LogP contribution in [0.25, 0.3) is 0 Å². The zero-order chi connectivity index (χ0) is 14.5. The lowest BCUT2D eigenvalue weighted by atomic mass is 10.3. The van der Waals surface area contributed by atoms with Crippen molar-refractivity contribution in [2.75, 3.05) is 31.9 Å². The van der Waals surface area contributed by atoms with Gasteiger partial charge in [-0.2, -0.15) is 12.7 Å². The Kier molecular flexibility index (Phi) is 6.58. The maximum Gasteiger partial charge on any atom is 0.277 e. The minimum absolute atomic E-state index is 0.0624. The Morgan fingerprint density at radius 1 is 1.32 bits per heavy atom. The first-order valence-electron chi connectivity index (χ1n) is 6.54. The number of carbonyl (C=O) groups is 1. The van der Waals surface area contributed by atoms with Crippen LogP contribution >= 0.6 is 11.8 Å². The van der Waals surface area contributed by atoms with Gasteiger partial charge in [-0.25, -0.2) is 5.14 Å². The number of unbranched alkanes of at least 4 members (excludes halogenated alkanes) is 1. The third-order valence-electron chi connectivity index (χ3n) is 3.12. The fourth-order valence-electron chi connectivity index (χ4n) is 1.90. The molecule has 0 radical (unpaired) electrons. The molecule has 0 aromatic rings. The van der Waals surface area contributed by atoms with Crippen LogP contribution in [0.1, 0.15) is 26.7 Å². The van der Waals surface area contributed by atoms with Crippen molar-refractivity contribution in [1.82, 2.24) is 9.21 Å². The number of piperazine rings is 1. The highest BCUT2D eigenvalue weighted by Gasteiger charge is 2.28. The highest BCUT2D eigenvalue weighted by atomic mass is 32.2. The minimum Gasteiger partial charge on any atom is -0.339 e. The molecule has 1 aliphatic rings. The van der Waals surface area contributed by atoms with E-state index in [2.05, 4.69) is 6.92 Å². The van der Waals surface area contributed by atoms with Gasteiger partial charge in [0.05, 0.1) is 5.25 Å². The lowest BCUT2D eigenvalue weighted by Gasteiger charge is -2.34. The van der Waals surface area contributed by atoms with Gasteiger partial charge in [0, 0.05) is 26.2 Å². The first kappa shape index (κ1) is 16.7. The summed E-state index contributed by atoms with van der Waals surface area (Å²) in [4.78, 5) is 13.9. The zero-order valence-corrected chi connectivity index (χ0v) is 13.2. The molecule has 0 aromatic heterocycles. The summed E-state index contributed by atoms with van der Waals surface area (Å²) >= 11 is 1.66. The molecule has 1 saturated heterocycles. The Morgan fingerprint density at radius 2 is 1.89 bits per heavy atom. The van der Waals surface area contributed by atoms with Crippen LogP contribution in [-0.2, 0) is 15.0 Å². The van der Waals surface area contributed by atoms with Gasteiger partial charge in [0.25, 0.3) is 10.2 Å². The van der Waals surface area contributed by atoms with E-state index in [-0.39, 0.29) is 24.2 Å². The summed E-state index contributed by atoms with van der Waals surface area (Å²) in [5, 5.41) is 5.00. The normalized spacial score (nSPS) is 19.4. The van der Waals surface area contributed by atoms with E-state index in [1.165, 1.54) is 4.31 Å². The van der Waals surface area contributed by atoms with Crippen molar-refractivity contribution in [2.24, 2.45) is 5.14 Å². The molecule has 0 aliphatic carbocycles. The molecule has 112 valence electrons. The third-order valence-corrected chi connectivity index (χ3v) is 5.43. The van der Waals surface area contributed by atoms with E-state index in [0.29, 0.717) is 13.1 Å². The fourth-order valence-corrected chi connectivity index (χ4v) is 3.67. The van der Waals surface area contributed by atoms with Crippen LogP contribution in [-0.4, -0.2) is 60.7 Å². The van der Waals surface area contributed by atoms with Crippen molar-refractivity contribution in [3.8, 4) is 0 Å². The Morgan fingerprint density at radius 3 is 2.37 bits per heavy atom. The maximum absolute atomic E-state index is 12.2. The van der Waals surface area contributed by atoms with Gasteiger partial charge in [-0.05, 0) is 19.1 Å². The number of thioether (sulfide) groups is 1. The van der Waals surface area contributed by atoms with E-state index in [0.717, 1.165) is 18.6 Å². The summed E-state index contributed by atoms with van der Waals surface area (Å²) in [5.74, 6) is 1.08. The lowest BCUT2D eigenvalue weighted by molar-refractivity contribution is -0.131. The Hall–Kier alpha value is -0.310. The zero-order valence-electron chi connectivity index (χ0n) is 11.5. The van der Waals surface area contributed by atoms with Gasteiger partial charge in [-0.15, -0.1) is 11.8 Å². The van der Waals surface area contributed by atoms with Crippen molar-refractivity contribution in [3.63, 3.8) is 0 Å². The van der Waals surface area contributed by atoms with Gasteiger partial charge in [-0.3, -0.25) is 4.79 Å². The van der Waals surface area contributed by atoms with Crippen LogP contribution in [0.5, 0.6) is 0 Å². The van der Waals surface area contributed by atoms with E-state index in [4.69, 9.17) is 5.14 Å². The van der Waals surface area contributed by atoms with Crippen molar-refractivity contribution in [1.29, 1.82) is 0 Å². The van der Waals surface area contributed by atoms with Crippen molar-refractivity contribution < 1.29 is 13.2 Å². The SMILES string of the molecule is CCCCS[C@@H](C)C(=O)N1CCN(S(N)(=O)=O)CC1. The van der Waals surface area contributed by atoms with E-state index in [1.54, 1.807) is 16.7 Å². The molecule has 1 amide bonds. The van der Waals surface area contributed by atoms with Gasteiger partial charge in [-0.1, -0.05) is 13.3 Å². The Labute approximate surface area is 119 Å². The molecule has 1 heterocycles. The topological polar surface area (TPSA) is 83.7 Å². The smallest absolute Gasteiger partial charge is 0.277 e. The molecule has 8 heteroatoms. The maximum atomic E-state index is 12.2. The van der Waals surface area contributed by atoms with Crippen LogP contribution in [0.4, 0.5) is 0 Å². The third kappa shape index (κ3) is 5.29. The summed E-state index contributed by atoms with van der Waals surface area (Å²) < 4.78 is 23.5. The van der Waals surface area contributed by atoms with E-state index < -0.39 is 10.2 Å². The predicted molar refractivity (Wildman–Crippen MR) is 78.1 cm³/mol. The number of hydrogen-bond donors (Lipinski definition) is 1. The molecular formula is C11H23N3O3S2. The molecule has 1 aliphatic heterocycles. The molecule has 0 aromatic carbocycles. The molecule has 1 atom stereocenters. The molecule has 1 fully saturated rings. The Bertz CT molecular complexity index is 392. The van der Waals surface area contributed by atoms with Gasteiger partial charge >= 0.3 is 0 Å². The highest BCUT2D eigenvalue weighted by molar-refractivity contribution is 8.00. The average molecular weight is 309 g/mol. The van der Waals surface area contributed by atoms with Crippen molar-refractivity contribution in [3.05, 3.63) is 0 Å². The molecule has 0 spiro atoms. The first-order chi connectivity index (χ1) is 8.86. The van der Waals surface area contributed by atoms with Gasteiger partial charge < -0.3 is 4.90 Å². The minimum atomic E-state index is -3.62. The average Bonchev–Trinajstić information content (AvgIpc) is 2.37. The van der Waals surface area contributed by atoms with Gasteiger partial charge in [0.15, 0.2) is 0 Å². The number of hydrogen-bond acceptors (Lipinski definition) is 4. The summed E-state index contributed by atoms with van der Waals surface area (Å²) in [6.45, 7) is 5.46. The Balaban J connectivity index is 2.40.